The third-order valence-corrected chi connectivity index (χ3v) is 3.75. The van der Waals surface area contributed by atoms with E-state index in [-0.39, 0.29) is 6.04 Å². The van der Waals surface area contributed by atoms with Crippen LogP contribution in [0.1, 0.15) is 28.7 Å². The lowest BCUT2D eigenvalue weighted by Gasteiger charge is -2.11. The van der Waals surface area contributed by atoms with Gasteiger partial charge in [0, 0.05) is 11.6 Å². The molecule has 0 radical (unpaired) electrons. The van der Waals surface area contributed by atoms with Gasteiger partial charge in [-0.1, -0.05) is 42.5 Å². The van der Waals surface area contributed by atoms with Crippen molar-refractivity contribution in [2.75, 3.05) is 0 Å². The number of fused-ring (bicyclic) bond motifs is 1. The summed E-state index contributed by atoms with van der Waals surface area (Å²) in [5.41, 5.74) is 8.69. The molecule has 3 rings (SSSR count). The van der Waals surface area contributed by atoms with Crippen LogP contribution < -0.4 is 5.73 Å². The summed E-state index contributed by atoms with van der Waals surface area (Å²) in [5, 5.41) is 2.53. The first kappa shape index (κ1) is 12.9. The van der Waals surface area contributed by atoms with Gasteiger partial charge in [-0.15, -0.1) is 0 Å². The molecule has 2 nitrogen and oxygen atoms in total. The Morgan fingerprint density at radius 1 is 1.00 bits per heavy atom. The first-order chi connectivity index (χ1) is 9.63. The van der Waals surface area contributed by atoms with Crippen molar-refractivity contribution in [3.8, 4) is 0 Å². The summed E-state index contributed by atoms with van der Waals surface area (Å²) in [4.78, 5) is 0. The molecule has 0 aliphatic carbocycles. The Balaban J connectivity index is 1.87. The maximum Gasteiger partial charge on any atom is 0.105 e. The second-order valence-electron chi connectivity index (χ2n) is 5.36. The number of aryl methyl sites for hydroxylation is 2. The standard InChI is InChI=1S/C18H19NO/c1-12-9-17(13(2)20-12)18(19)11-14-7-8-15-5-3-4-6-16(15)10-14/h3-10,18H,11,19H2,1-2H3. The van der Waals surface area contributed by atoms with Crippen molar-refractivity contribution in [2.45, 2.75) is 26.3 Å². The lowest BCUT2D eigenvalue weighted by molar-refractivity contribution is 0.497. The maximum atomic E-state index is 6.33. The zero-order valence-electron chi connectivity index (χ0n) is 11.9. The van der Waals surface area contributed by atoms with E-state index in [1.54, 1.807) is 0 Å². The molecule has 0 aliphatic heterocycles. The third-order valence-electron chi connectivity index (χ3n) is 3.75. The molecule has 1 atom stereocenters. The smallest absolute Gasteiger partial charge is 0.105 e. The molecule has 0 amide bonds. The van der Waals surface area contributed by atoms with Gasteiger partial charge < -0.3 is 10.2 Å². The van der Waals surface area contributed by atoms with Crippen LogP contribution >= 0.6 is 0 Å². The molecular weight excluding hydrogens is 246 g/mol. The number of rotatable bonds is 3. The van der Waals surface area contributed by atoms with Gasteiger partial charge in [0.2, 0.25) is 0 Å². The zero-order valence-corrected chi connectivity index (χ0v) is 11.9. The van der Waals surface area contributed by atoms with Crippen molar-refractivity contribution in [3.63, 3.8) is 0 Å². The van der Waals surface area contributed by atoms with Gasteiger partial charge in [0.1, 0.15) is 11.5 Å². The number of nitrogens with two attached hydrogens (primary N) is 1. The van der Waals surface area contributed by atoms with Crippen LogP contribution in [0.3, 0.4) is 0 Å². The summed E-state index contributed by atoms with van der Waals surface area (Å²) >= 11 is 0. The molecule has 102 valence electrons. The summed E-state index contributed by atoms with van der Waals surface area (Å²) in [5.74, 6) is 1.85. The Kier molecular flexibility index (Phi) is 3.33. The first-order valence-electron chi connectivity index (χ1n) is 6.93. The molecule has 0 aliphatic rings. The van der Waals surface area contributed by atoms with E-state index in [9.17, 15) is 0 Å². The van der Waals surface area contributed by atoms with Gasteiger partial charge in [0.05, 0.1) is 0 Å². The molecule has 1 unspecified atom stereocenters. The van der Waals surface area contributed by atoms with Crippen LogP contribution in [0.15, 0.2) is 52.9 Å². The molecule has 2 N–H and O–H groups in total. The molecule has 1 aromatic heterocycles. The molecule has 0 saturated carbocycles. The van der Waals surface area contributed by atoms with Gasteiger partial charge in [0.15, 0.2) is 0 Å². The average molecular weight is 265 g/mol. The summed E-state index contributed by atoms with van der Waals surface area (Å²) in [6.45, 7) is 3.93. The molecule has 3 aromatic rings. The summed E-state index contributed by atoms with van der Waals surface area (Å²) < 4.78 is 5.56. The number of hydrogen-bond donors (Lipinski definition) is 1. The largest absolute Gasteiger partial charge is 0.466 e. The highest BCUT2D eigenvalue weighted by Crippen LogP contribution is 2.24. The first-order valence-corrected chi connectivity index (χ1v) is 6.93. The van der Waals surface area contributed by atoms with Crippen LogP contribution in [0.25, 0.3) is 10.8 Å². The van der Waals surface area contributed by atoms with E-state index in [1.165, 1.54) is 16.3 Å². The molecule has 0 fully saturated rings. The SMILES string of the molecule is Cc1cc(C(N)Cc2ccc3ccccc3c2)c(C)o1. The second kappa shape index (κ2) is 5.14. The number of furan rings is 1. The lowest BCUT2D eigenvalue weighted by atomic mass is 9.98. The minimum atomic E-state index is -0.0198. The van der Waals surface area contributed by atoms with Gasteiger partial charge in [-0.05, 0) is 42.7 Å². The fourth-order valence-corrected chi connectivity index (χ4v) is 2.75. The van der Waals surface area contributed by atoms with Gasteiger partial charge >= 0.3 is 0 Å². The van der Waals surface area contributed by atoms with Crippen molar-refractivity contribution in [3.05, 3.63) is 71.2 Å². The molecule has 20 heavy (non-hydrogen) atoms. The van der Waals surface area contributed by atoms with Crippen LogP contribution in [-0.4, -0.2) is 0 Å². The van der Waals surface area contributed by atoms with Crippen molar-refractivity contribution >= 4 is 10.8 Å². The predicted molar refractivity (Wildman–Crippen MR) is 82.8 cm³/mol. The second-order valence-corrected chi connectivity index (χ2v) is 5.36. The number of hydrogen-bond acceptors (Lipinski definition) is 2. The van der Waals surface area contributed by atoms with Crippen LogP contribution in [-0.2, 0) is 6.42 Å². The molecule has 2 heteroatoms. The molecule has 0 spiro atoms. The quantitative estimate of drug-likeness (QED) is 0.767. The molecule has 2 aromatic carbocycles. The highest BCUT2D eigenvalue weighted by Gasteiger charge is 2.13. The fourth-order valence-electron chi connectivity index (χ4n) is 2.75. The minimum Gasteiger partial charge on any atom is -0.466 e. The molecular formula is C18H19NO. The van der Waals surface area contributed by atoms with E-state index in [0.717, 1.165) is 23.5 Å². The van der Waals surface area contributed by atoms with Crippen LogP contribution in [0.4, 0.5) is 0 Å². The Morgan fingerprint density at radius 3 is 2.45 bits per heavy atom. The van der Waals surface area contributed by atoms with E-state index in [2.05, 4.69) is 42.5 Å². The number of benzene rings is 2. The Morgan fingerprint density at radius 2 is 1.75 bits per heavy atom. The van der Waals surface area contributed by atoms with Crippen molar-refractivity contribution in [1.82, 2.24) is 0 Å². The zero-order chi connectivity index (χ0) is 14.1. The Hall–Kier alpha value is -2.06. The van der Waals surface area contributed by atoms with Crippen LogP contribution in [0.5, 0.6) is 0 Å². The topological polar surface area (TPSA) is 39.2 Å². The minimum absolute atomic E-state index is 0.0198. The van der Waals surface area contributed by atoms with Gasteiger partial charge in [-0.25, -0.2) is 0 Å². The van der Waals surface area contributed by atoms with E-state index in [0.29, 0.717) is 0 Å². The third kappa shape index (κ3) is 2.47. The summed E-state index contributed by atoms with van der Waals surface area (Å²) in [6.07, 6.45) is 0.824. The van der Waals surface area contributed by atoms with Gasteiger partial charge in [0.25, 0.3) is 0 Å². The van der Waals surface area contributed by atoms with Crippen molar-refractivity contribution in [2.24, 2.45) is 5.73 Å². The molecule has 0 bridgehead atoms. The van der Waals surface area contributed by atoms with E-state index in [4.69, 9.17) is 10.2 Å². The van der Waals surface area contributed by atoms with E-state index < -0.39 is 0 Å². The summed E-state index contributed by atoms with van der Waals surface area (Å²) in [7, 11) is 0. The molecule has 0 saturated heterocycles. The predicted octanol–water partition coefficient (Wildman–Crippen LogP) is 4.29. The Labute approximate surface area is 119 Å². The van der Waals surface area contributed by atoms with Crippen LogP contribution in [0.2, 0.25) is 0 Å². The normalized spacial score (nSPS) is 12.8. The molecule has 1 heterocycles. The monoisotopic (exact) mass is 265 g/mol. The summed E-state index contributed by atoms with van der Waals surface area (Å²) in [6, 6.07) is 16.9. The van der Waals surface area contributed by atoms with Gasteiger partial charge in [-0.2, -0.15) is 0 Å². The fraction of sp³-hybridized carbons (Fsp3) is 0.222. The average Bonchev–Trinajstić information content (AvgIpc) is 2.78. The Bertz CT molecular complexity index is 742. The lowest BCUT2D eigenvalue weighted by Crippen LogP contribution is -2.13. The van der Waals surface area contributed by atoms with E-state index in [1.807, 2.05) is 19.9 Å². The van der Waals surface area contributed by atoms with Crippen molar-refractivity contribution < 1.29 is 4.42 Å². The van der Waals surface area contributed by atoms with Gasteiger partial charge in [-0.3, -0.25) is 0 Å². The maximum absolute atomic E-state index is 6.33. The van der Waals surface area contributed by atoms with E-state index >= 15 is 0 Å². The highest BCUT2D eigenvalue weighted by atomic mass is 16.3. The highest BCUT2D eigenvalue weighted by molar-refractivity contribution is 5.83. The van der Waals surface area contributed by atoms with Crippen LogP contribution in [0, 0.1) is 13.8 Å². The van der Waals surface area contributed by atoms with Crippen molar-refractivity contribution in [1.29, 1.82) is 0 Å².